The number of hydrogen-bond donors (Lipinski definition) is 2. The molecule has 0 radical (unpaired) electrons. The predicted molar refractivity (Wildman–Crippen MR) is 90.9 cm³/mol. The number of nitrogens with zero attached hydrogens (tertiary/aromatic N) is 1. The van der Waals surface area contributed by atoms with Gasteiger partial charge >= 0.3 is 0 Å². The van der Waals surface area contributed by atoms with Crippen LogP contribution in [0.15, 0.2) is 45.5 Å². The summed E-state index contributed by atoms with van der Waals surface area (Å²) in [6.45, 7) is 2.47. The molecule has 0 saturated carbocycles. The van der Waals surface area contributed by atoms with Crippen LogP contribution < -0.4 is 10.6 Å². The molecule has 4 nitrogen and oxygen atoms in total. The number of pyridine rings is 1. The van der Waals surface area contributed by atoms with Crippen molar-refractivity contribution in [3.05, 3.63) is 51.0 Å². The minimum atomic E-state index is 0.0664. The Kier molecular flexibility index (Phi) is 4.90. The fraction of sp³-hybridized carbons (Fsp3) is 0.267. The normalized spacial score (nSPS) is 18.5. The number of para-hydroxylation sites is 1. The lowest BCUT2D eigenvalue weighted by Crippen LogP contribution is -2.33. The van der Waals surface area contributed by atoms with Crippen LogP contribution in [0.2, 0.25) is 0 Å². The molecule has 1 saturated heterocycles. The van der Waals surface area contributed by atoms with E-state index in [4.69, 9.17) is 4.74 Å². The van der Waals surface area contributed by atoms with Gasteiger partial charge in [-0.05, 0) is 44.0 Å². The third-order valence-corrected chi connectivity index (χ3v) is 4.33. The minimum Gasteiger partial charge on any atom is -0.371 e. The van der Waals surface area contributed by atoms with E-state index in [0.29, 0.717) is 0 Å². The number of rotatable bonds is 3. The van der Waals surface area contributed by atoms with Crippen LogP contribution in [0.5, 0.6) is 0 Å². The number of aromatic nitrogens is 1. The Morgan fingerprint density at radius 3 is 2.90 bits per heavy atom. The Hall–Kier alpha value is -0.950. The molecule has 1 aromatic heterocycles. The first-order valence-electron chi connectivity index (χ1n) is 6.73. The van der Waals surface area contributed by atoms with Crippen molar-refractivity contribution in [1.29, 1.82) is 0 Å². The summed E-state index contributed by atoms with van der Waals surface area (Å²) in [6.07, 6.45) is 1.84. The van der Waals surface area contributed by atoms with Gasteiger partial charge in [0.25, 0.3) is 0 Å². The van der Waals surface area contributed by atoms with E-state index in [9.17, 15) is 0 Å². The van der Waals surface area contributed by atoms with E-state index >= 15 is 0 Å². The first-order valence-corrected chi connectivity index (χ1v) is 8.32. The molecule has 0 amide bonds. The second-order valence-corrected chi connectivity index (χ2v) is 6.53. The maximum Gasteiger partial charge on any atom is 0.144 e. The molecule has 1 aliphatic rings. The number of morpholine rings is 1. The summed E-state index contributed by atoms with van der Waals surface area (Å²) in [7, 11) is 0. The van der Waals surface area contributed by atoms with Gasteiger partial charge in [0.2, 0.25) is 0 Å². The van der Waals surface area contributed by atoms with Gasteiger partial charge in [-0.1, -0.05) is 18.2 Å². The number of anilines is 2. The molecule has 3 rings (SSSR count). The molecule has 1 aliphatic heterocycles. The molecule has 1 atom stereocenters. The minimum absolute atomic E-state index is 0.0664. The van der Waals surface area contributed by atoms with E-state index in [1.165, 1.54) is 0 Å². The molecule has 0 aliphatic carbocycles. The van der Waals surface area contributed by atoms with E-state index in [1.54, 1.807) is 6.20 Å². The number of hydrogen-bond acceptors (Lipinski definition) is 4. The van der Waals surface area contributed by atoms with Crippen LogP contribution in [0.25, 0.3) is 0 Å². The van der Waals surface area contributed by atoms with Gasteiger partial charge in [-0.25, -0.2) is 4.98 Å². The zero-order valence-electron chi connectivity index (χ0n) is 11.3. The highest BCUT2D eigenvalue weighted by Gasteiger charge is 2.19. The Morgan fingerprint density at radius 1 is 1.29 bits per heavy atom. The number of halogens is 2. The van der Waals surface area contributed by atoms with Crippen molar-refractivity contribution in [1.82, 2.24) is 10.3 Å². The highest BCUT2D eigenvalue weighted by Crippen LogP contribution is 2.31. The van der Waals surface area contributed by atoms with Crippen molar-refractivity contribution in [2.24, 2.45) is 0 Å². The zero-order chi connectivity index (χ0) is 14.7. The average Bonchev–Trinajstić information content (AvgIpc) is 2.51. The fourth-order valence-electron chi connectivity index (χ4n) is 2.29. The topological polar surface area (TPSA) is 46.2 Å². The van der Waals surface area contributed by atoms with E-state index in [-0.39, 0.29) is 6.10 Å². The van der Waals surface area contributed by atoms with E-state index < -0.39 is 0 Å². The lowest BCUT2D eigenvalue weighted by atomic mass is 10.1. The third kappa shape index (κ3) is 3.63. The Morgan fingerprint density at radius 2 is 2.14 bits per heavy atom. The Bertz CT molecular complexity index is 630. The van der Waals surface area contributed by atoms with Crippen LogP contribution in [0.1, 0.15) is 11.7 Å². The average molecular weight is 413 g/mol. The zero-order valence-corrected chi connectivity index (χ0v) is 14.4. The summed E-state index contributed by atoms with van der Waals surface area (Å²) in [5.41, 5.74) is 2.16. The summed E-state index contributed by atoms with van der Waals surface area (Å²) in [4.78, 5) is 4.40. The molecule has 0 bridgehead atoms. The number of benzene rings is 1. The van der Waals surface area contributed by atoms with Gasteiger partial charge in [-0.3, -0.25) is 0 Å². The van der Waals surface area contributed by atoms with Crippen LogP contribution in [0.3, 0.4) is 0 Å². The van der Waals surface area contributed by atoms with Crippen LogP contribution in [0.4, 0.5) is 11.5 Å². The van der Waals surface area contributed by atoms with Gasteiger partial charge in [-0.15, -0.1) is 0 Å². The molecular formula is C15H15Br2N3O. The van der Waals surface area contributed by atoms with E-state index in [2.05, 4.69) is 53.5 Å². The van der Waals surface area contributed by atoms with Gasteiger partial charge in [0.1, 0.15) is 5.82 Å². The number of nitrogens with one attached hydrogen (secondary N) is 2. The van der Waals surface area contributed by atoms with Gasteiger partial charge in [0.05, 0.1) is 17.2 Å². The fourth-order valence-corrected chi connectivity index (χ4v) is 3.38. The van der Waals surface area contributed by atoms with Crippen LogP contribution in [0, 0.1) is 0 Å². The van der Waals surface area contributed by atoms with Crippen molar-refractivity contribution < 1.29 is 4.74 Å². The summed E-state index contributed by atoms with van der Waals surface area (Å²) in [5, 5.41) is 6.74. The van der Waals surface area contributed by atoms with Gasteiger partial charge < -0.3 is 15.4 Å². The quantitative estimate of drug-likeness (QED) is 0.799. The molecule has 0 unspecified atom stereocenters. The largest absolute Gasteiger partial charge is 0.371 e. The molecule has 2 aromatic rings. The van der Waals surface area contributed by atoms with Crippen molar-refractivity contribution in [3.63, 3.8) is 0 Å². The molecule has 2 N–H and O–H groups in total. The molecule has 2 heterocycles. The molecule has 110 valence electrons. The smallest absolute Gasteiger partial charge is 0.144 e. The first kappa shape index (κ1) is 15.0. The molecule has 21 heavy (non-hydrogen) atoms. The first-order chi connectivity index (χ1) is 10.2. The molecule has 1 aromatic carbocycles. The van der Waals surface area contributed by atoms with Crippen molar-refractivity contribution in [2.45, 2.75) is 6.10 Å². The van der Waals surface area contributed by atoms with Gasteiger partial charge in [0, 0.05) is 35.0 Å². The van der Waals surface area contributed by atoms with E-state index in [0.717, 1.165) is 45.7 Å². The second-order valence-electron chi connectivity index (χ2n) is 4.76. The SMILES string of the molecule is Brc1cnc(Nc2ccccc2[C@H]2CNCCO2)c(Br)c1. The van der Waals surface area contributed by atoms with E-state index in [1.807, 2.05) is 24.3 Å². The molecule has 0 spiro atoms. The molecular weight excluding hydrogens is 398 g/mol. The van der Waals surface area contributed by atoms with Crippen molar-refractivity contribution >= 4 is 43.4 Å². The second kappa shape index (κ2) is 6.87. The highest BCUT2D eigenvalue weighted by molar-refractivity contribution is 9.11. The summed E-state index contributed by atoms with van der Waals surface area (Å²) in [5.74, 6) is 0.786. The lowest BCUT2D eigenvalue weighted by Gasteiger charge is -2.26. The number of ether oxygens (including phenoxy) is 1. The monoisotopic (exact) mass is 411 g/mol. The summed E-state index contributed by atoms with van der Waals surface area (Å²) >= 11 is 6.94. The van der Waals surface area contributed by atoms with Crippen molar-refractivity contribution in [2.75, 3.05) is 25.0 Å². The van der Waals surface area contributed by atoms with Crippen LogP contribution in [-0.4, -0.2) is 24.7 Å². The lowest BCUT2D eigenvalue weighted by molar-refractivity contribution is 0.0281. The standard InChI is InChI=1S/C15H15Br2N3O/c16-10-7-12(17)15(19-8-10)20-13-4-2-1-3-11(13)14-9-18-5-6-21-14/h1-4,7-8,14,18H,5-6,9H2,(H,19,20)/t14-/m1/s1. The maximum absolute atomic E-state index is 5.85. The van der Waals surface area contributed by atoms with Gasteiger partial charge in [0.15, 0.2) is 0 Å². The third-order valence-electron chi connectivity index (χ3n) is 3.30. The highest BCUT2D eigenvalue weighted by atomic mass is 79.9. The maximum atomic E-state index is 5.85. The predicted octanol–water partition coefficient (Wildman–Crippen LogP) is 4.01. The Balaban J connectivity index is 1.88. The summed E-state index contributed by atoms with van der Waals surface area (Å²) < 4.78 is 7.70. The van der Waals surface area contributed by atoms with Crippen molar-refractivity contribution in [3.8, 4) is 0 Å². The van der Waals surface area contributed by atoms with Crippen LogP contribution in [-0.2, 0) is 4.74 Å². The van der Waals surface area contributed by atoms with Crippen LogP contribution >= 0.6 is 31.9 Å². The molecule has 1 fully saturated rings. The molecule has 6 heteroatoms. The van der Waals surface area contributed by atoms with Gasteiger partial charge in [-0.2, -0.15) is 0 Å². The Labute approximate surface area is 140 Å². The summed E-state index contributed by atoms with van der Waals surface area (Å²) in [6, 6.07) is 10.1.